The van der Waals surface area contributed by atoms with Crippen molar-refractivity contribution in [3.63, 3.8) is 0 Å². The molecule has 0 aliphatic carbocycles. The Kier molecular flexibility index (Phi) is 5.99. The molecule has 156 valence electrons. The predicted octanol–water partition coefficient (Wildman–Crippen LogP) is 5.28. The molecule has 0 spiro atoms. The lowest BCUT2D eigenvalue weighted by Gasteiger charge is -2.15. The van der Waals surface area contributed by atoms with Gasteiger partial charge in [0.25, 0.3) is 15.9 Å². The van der Waals surface area contributed by atoms with Crippen LogP contribution in [0.3, 0.4) is 0 Å². The minimum atomic E-state index is -3.85. The van der Waals surface area contributed by atoms with Crippen LogP contribution in [0.2, 0.25) is 0 Å². The number of nitrogens with one attached hydrogen (secondary N) is 2. The largest absolute Gasteiger partial charge is 0.322 e. The minimum absolute atomic E-state index is 0.0798. The molecule has 3 aromatic carbocycles. The molecule has 5 nitrogen and oxygen atoms in total. The maximum Gasteiger partial charge on any atom is 0.262 e. The first-order valence-electron chi connectivity index (χ1n) is 9.67. The number of aryl methyl sites for hydroxylation is 4. The van der Waals surface area contributed by atoms with Crippen molar-refractivity contribution in [1.82, 2.24) is 0 Å². The van der Waals surface area contributed by atoms with Gasteiger partial charge in [-0.05, 0) is 92.8 Å². The summed E-state index contributed by atoms with van der Waals surface area (Å²) < 4.78 is 28.8. The van der Waals surface area contributed by atoms with Gasteiger partial charge >= 0.3 is 0 Å². The third kappa shape index (κ3) is 4.54. The maximum absolute atomic E-state index is 13.1. The highest BCUT2D eigenvalue weighted by Gasteiger charge is 2.20. The van der Waals surface area contributed by atoms with Crippen LogP contribution >= 0.6 is 0 Å². The van der Waals surface area contributed by atoms with E-state index in [1.807, 2.05) is 52.0 Å². The summed E-state index contributed by atoms with van der Waals surface area (Å²) in [6.07, 6.45) is 0. The fourth-order valence-corrected chi connectivity index (χ4v) is 4.51. The van der Waals surface area contributed by atoms with Gasteiger partial charge < -0.3 is 5.32 Å². The lowest BCUT2D eigenvalue weighted by atomic mass is 10.1. The monoisotopic (exact) mass is 422 g/mol. The van der Waals surface area contributed by atoms with Gasteiger partial charge in [0.05, 0.1) is 10.6 Å². The van der Waals surface area contributed by atoms with E-state index in [9.17, 15) is 13.2 Å². The van der Waals surface area contributed by atoms with Crippen molar-refractivity contribution >= 4 is 27.3 Å². The summed E-state index contributed by atoms with van der Waals surface area (Å²) in [6, 6.07) is 15.8. The molecule has 0 aliphatic rings. The second kappa shape index (κ2) is 8.32. The molecule has 0 bridgehead atoms. The third-order valence-electron chi connectivity index (χ3n) is 5.35. The van der Waals surface area contributed by atoms with Crippen LogP contribution in [0.15, 0.2) is 59.5 Å². The van der Waals surface area contributed by atoms with E-state index in [1.54, 1.807) is 31.2 Å². The summed E-state index contributed by atoms with van der Waals surface area (Å²) in [5, 5.41) is 2.84. The molecule has 0 atom stereocenters. The van der Waals surface area contributed by atoms with E-state index >= 15 is 0 Å². The molecule has 0 saturated carbocycles. The molecule has 0 saturated heterocycles. The summed E-state index contributed by atoms with van der Waals surface area (Å²) in [7, 11) is -3.85. The lowest BCUT2D eigenvalue weighted by molar-refractivity contribution is 0.102. The molecule has 3 aromatic rings. The highest BCUT2D eigenvalue weighted by atomic mass is 32.2. The van der Waals surface area contributed by atoms with Gasteiger partial charge in [-0.3, -0.25) is 9.52 Å². The molecule has 0 fully saturated rings. The number of carbonyl (C=O) groups excluding carboxylic acids is 1. The molecule has 0 radical (unpaired) electrons. The molecule has 2 N–H and O–H groups in total. The Morgan fingerprint density at radius 2 is 1.47 bits per heavy atom. The summed E-state index contributed by atoms with van der Waals surface area (Å²) in [6.45, 7) is 9.48. The van der Waals surface area contributed by atoms with Gasteiger partial charge in [-0.15, -0.1) is 0 Å². The highest BCUT2D eigenvalue weighted by molar-refractivity contribution is 7.92. The number of anilines is 2. The number of rotatable bonds is 5. The SMILES string of the molecule is Cc1ccc(NC(=O)c2ccc(C)c(S(=O)(=O)Nc3cccc(C)c3C)c2)cc1C. The molecule has 0 aromatic heterocycles. The van der Waals surface area contributed by atoms with E-state index in [0.717, 1.165) is 22.3 Å². The molecule has 3 rings (SSSR count). The first kappa shape index (κ1) is 21.6. The van der Waals surface area contributed by atoms with Crippen LogP contribution in [-0.2, 0) is 10.0 Å². The van der Waals surface area contributed by atoms with Gasteiger partial charge in [-0.1, -0.05) is 24.3 Å². The second-order valence-corrected chi connectivity index (χ2v) is 9.24. The average Bonchev–Trinajstić information content (AvgIpc) is 2.68. The predicted molar refractivity (Wildman–Crippen MR) is 122 cm³/mol. The van der Waals surface area contributed by atoms with Crippen LogP contribution in [0.4, 0.5) is 11.4 Å². The quantitative estimate of drug-likeness (QED) is 0.587. The van der Waals surface area contributed by atoms with E-state index in [-0.39, 0.29) is 16.4 Å². The first-order chi connectivity index (χ1) is 14.1. The smallest absolute Gasteiger partial charge is 0.262 e. The number of hydrogen-bond donors (Lipinski definition) is 2. The molecular formula is C24H26N2O3S. The van der Waals surface area contributed by atoms with Gasteiger partial charge in [0.15, 0.2) is 0 Å². The van der Waals surface area contributed by atoms with Gasteiger partial charge in [0.1, 0.15) is 0 Å². The van der Waals surface area contributed by atoms with E-state index in [4.69, 9.17) is 0 Å². The normalized spacial score (nSPS) is 11.2. The zero-order valence-corrected chi connectivity index (χ0v) is 18.6. The molecule has 6 heteroatoms. The Labute approximate surface area is 178 Å². The number of carbonyl (C=O) groups is 1. The van der Waals surface area contributed by atoms with Crippen molar-refractivity contribution in [2.45, 2.75) is 39.5 Å². The Hall–Kier alpha value is -3.12. The van der Waals surface area contributed by atoms with Crippen LogP contribution in [0.25, 0.3) is 0 Å². The zero-order valence-electron chi connectivity index (χ0n) is 17.8. The fraction of sp³-hybridized carbons (Fsp3) is 0.208. The van der Waals surface area contributed by atoms with Crippen molar-refractivity contribution in [2.75, 3.05) is 10.0 Å². The highest BCUT2D eigenvalue weighted by Crippen LogP contribution is 2.25. The van der Waals surface area contributed by atoms with Crippen molar-refractivity contribution in [3.05, 3.63) is 88.0 Å². The summed E-state index contributed by atoms with van der Waals surface area (Å²) >= 11 is 0. The van der Waals surface area contributed by atoms with Crippen molar-refractivity contribution < 1.29 is 13.2 Å². The van der Waals surface area contributed by atoms with E-state index < -0.39 is 10.0 Å². The fourth-order valence-electron chi connectivity index (χ4n) is 3.11. The number of benzene rings is 3. The molecule has 0 aliphatic heterocycles. The number of hydrogen-bond acceptors (Lipinski definition) is 3. The standard InChI is InChI=1S/C24H26N2O3S/c1-15-10-12-21(13-18(15)4)25-24(27)20-11-9-17(3)23(14-20)30(28,29)26-22-8-6-7-16(2)19(22)5/h6-14,26H,1-5H3,(H,25,27). The first-order valence-corrected chi connectivity index (χ1v) is 11.1. The summed E-state index contributed by atoms with van der Waals surface area (Å²) in [5.41, 5.74) is 6.10. The maximum atomic E-state index is 13.1. The lowest BCUT2D eigenvalue weighted by Crippen LogP contribution is -2.17. The van der Waals surface area contributed by atoms with Gasteiger partial charge in [-0.25, -0.2) is 8.42 Å². The van der Waals surface area contributed by atoms with Crippen LogP contribution in [0, 0.1) is 34.6 Å². The average molecular weight is 423 g/mol. The topological polar surface area (TPSA) is 75.3 Å². The number of sulfonamides is 1. The third-order valence-corrected chi connectivity index (χ3v) is 6.86. The van der Waals surface area contributed by atoms with Gasteiger partial charge in [0, 0.05) is 11.3 Å². The molecule has 30 heavy (non-hydrogen) atoms. The van der Waals surface area contributed by atoms with Crippen LogP contribution in [0.1, 0.15) is 38.2 Å². The summed E-state index contributed by atoms with van der Waals surface area (Å²) in [5.74, 6) is -0.360. The number of amides is 1. The Bertz CT molecular complexity index is 1230. The zero-order chi connectivity index (χ0) is 22.1. The Balaban J connectivity index is 1.91. The Morgan fingerprint density at radius 1 is 0.767 bits per heavy atom. The molecule has 1 amide bonds. The molecule has 0 unspecified atom stereocenters. The van der Waals surface area contributed by atoms with Crippen molar-refractivity contribution in [3.8, 4) is 0 Å². The van der Waals surface area contributed by atoms with E-state index in [2.05, 4.69) is 10.0 Å². The second-order valence-electron chi connectivity index (χ2n) is 7.59. The minimum Gasteiger partial charge on any atom is -0.322 e. The van der Waals surface area contributed by atoms with Crippen LogP contribution in [-0.4, -0.2) is 14.3 Å². The van der Waals surface area contributed by atoms with Gasteiger partial charge in [0.2, 0.25) is 0 Å². The van der Waals surface area contributed by atoms with E-state index in [0.29, 0.717) is 16.9 Å². The van der Waals surface area contributed by atoms with Crippen molar-refractivity contribution in [2.24, 2.45) is 0 Å². The van der Waals surface area contributed by atoms with Crippen LogP contribution < -0.4 is 10.0 Å². The molecular weight excluding hydrogens is 396 g/mol. The summed E-state index contributed by atoms with van der Waals surface area (Å²) in [4.78, 5) is 12.8. The molecule has 0 heterocycles. The van der Waals surface area contributed by atoms with Gasteiger partial charge in [-0.2, -0.15) is 0 Å². The van der Waals surface area contributed by atoms with Crippen molar-refractivity contribution in [1.29, 1.82) is 0 Å². The Morgan fingerprint density at radius 3 is 2.17 bits per heavy atom. The van der Waals surface area contributed by atoms with Crippen LogP contribution in [0.5, 0.6) is 0 Å². The van der Waals surface area contributed by atoms with E-state index in [1.165, 1.54) is 6.07 Å².